The van der Waals surface area contributed by atoms with Gasteiger partial charge in [-0.1, -0.05) is 121 Å². The van der Waals surface area contributed by atoms with Crippen LogP contribution in [0, 0.1) is 6.85 Å². The average molecular weight is 595 g/mol. The fourth-order valence-electron chi connectivity index (χ4n) is 7.20. The molecule has 45 heavy (non-hydrogen) atoms. The van der Waals surface area contributed by atoms with E-state index < -0.39 is 6.85 Å². The molecule has 0 saturated heterocycles. The summed E-state index contributed by atoms with van der Waals surface area (Å²) in [6.07, 6.45) is 0. The number of thiophene rings is 1. The van der Waals surface area contributed by atoms with Crippen molar-refractivity contribution in [3.05, 3.63) is 139 Å². The summed E-state index contributed by atoms with van der Waals surface area (Å²) in [6, 6.07) is 45.4. The minimum atomic E-state index is -2.36. The number of aryl methyl sites for hydroxylation is 1. The Morgan fingerprint density at radius 3 is 2.13 bits per heavy atom. The Balaban J connectivity index is 1.50. The number of aromatic nitrogens is 3. The highest BCUT2D eigenvalue weighted by Gasteiger charge is 2.25. The molecule has 0 unspecified atom stereocenters. The molecule has 10 aromatic rings. The van der Waals surface area contributed by atoms with Gasteiger partial charge in [-0.2, -0.15) is 0 Å². The average Bonchev–Trinajstić information content (AvgIpc) is 3.68. The first-order valence-electron chi connectivity index (χ1n) is 16.5. The molecule has 0 spiro atoms. The van der Waals surface area contributed by atoms with Gasteiger partial charge >= 0.3 is 0 Å². The van der Waals surface area contributed by atoms with Crippen molar-refractivity contribution in [2.24, 2.45) is 0 Å². The highest BCUT2D eigenvalue weighted by molar-refractivity contribution is 7.27. The van der Waals surface area contributed by atoms with Crippen molar-refractivity contribution in [1.82, 2.24) is 14.5 Å². The van der Waals surface area contributed by atoms with E-state index in [-0.39, 0.29) is 5.56 Å². The van der Waals surface area contributed by atoms with Crippen molar-refractivity contribution in [1.29, 1.82) is 0 Å². The number of benzene rings is 7. The van der Waals surface area contributed by atoms with E-state index in [1.807, 2.05) is 36.4 Å². The first kappa shape index (κ1) is 22.0. The maximum Gasteiger partial charge on any atom is 0.235 e. The summed E-state index contributed by atoms with van der Waals surface area (Å²) in [5.74, 6) is 0.447. The molecule has 0 fully saturated rings. The van der Waals surface area contributed by atoms with Gasteiger partial charge in [-0.3, -0.25) is 4.57 Å². The first-order valence-corrected chi connectivity index (χ1v) is 15.8. The Morgan fingerprint density at radius 1 is 0.578 bits per heavy atom. The van der Waals surface area contributed by atoms with Crippen LogP contribution < -0.4 is 0 Å². The standard InChI is InChI=1S/C41H25N3S/c1-24-12-11-20-31-37(24)42-41(43-38(31)26-14-3-2-4-15-26)44-32-23-22-25-13-5-6-16-27(25)35(32)36-29-18-8-7-17-28(29)34-30-19-9-10-21-33(30)45-40(34)39(36)44/h2-23H,1H3/i1D3. The normalized spacial score (nSPS) is 13.4. The van der Waals surface area contributed by atoms with Crippen LogP contribution in [-0.2, 0) is 0 Å². The topological polar surface area (TPSA) is 30.7 Å². The van der Waals surface area contributed by atoms with Gasteiger partial charge in [0.05, 0.1) is 26.9 Å². The Kier molecular flexibility index (Phi) is 4.51. The highest BCUT2D eigenvalue weighted by atomic mass is 32.1. The van der Waals surface area contributed by atoms with Crippen molar-refractivity contribution in [2.45, 2.75) is 6.85 Å². The van der Waals surface area contributed by atoms with Gasteiger partial charge < -0.3 is 0 Å². The molecular formula is C41H25N3S. The minimum absolute atomic E-state index is 0.213. The quantitative estimate of drug-likeness (QED) is 0.199. The lowest BCUT2D eigenvalue weighted by molar-refractivity contribution is 1.02. The van der Waals surface area contributed by atoms with Gasteiger partial charge in [-0.05, 0) is 46.1 Å². The summed E-state index contributed by atoms with van der Waals surface area (Å²) < 4.78 is 29.9. The van der Waals surface area contributed by atoms with Crippen LogP contribution >= 0.6 is 11.3 Å². The van der Waals surface area contributed by atoms with Gasteiger partial charge in [0.25, 0.3) is 0 Å². The number of para-hydroxylation sites is 1. The molecule has 0 aliphatic heterocycles. The monoisotopic (exact) mass is 594 g/mol. The third-order valence-electron chi connectivity index (χ3n) is 9.10. The van der Waals surface area contributed by atoms with E-state index in [9.17, 15) is 0 Å². The SMILES string of the molecule is [2H]C([2H])([2H])c1cccc2c(-c3ccccc3)nc(-n3c4ccc5ccccc5c4c4c5ccccc5c5c6ccccc6sc5c43)nc12. The van der Waals surface area contributed by atoms with Crippen LogP contribution in [0.4, 0.5) is 0 Å². The van der Waals surface area contributed by atoms with E-state index in [1.54, 1.807) is 23.5 Å². The van der Waals surface area contributed by atoms with Gasteiger partial charge in [-0.15, -0.1) is 11.3 Å². The number of rotatable bonds is 2. The first-order chi connectivity index (χ1) is 23.5. The van der Waals surface area contributed by atoms with Crippen LogP contribution in [0.1, 0.15) is 9.68 Å². The fourth-order valence-corrected chi connectivity index (χ4v) is 8.46. The van der Waals surface area contributed by atoms with Crippen molar-refractivity contribution >= 4 is 85.8 Å². The number of hydrogen-bond donors (Lipinski definition) is 0. The van der Waals surface area contributed by atoms with E-state index >= 15 is 0 Å². The van der Waals surface area contributed by atoms with Crippen molar-refractivity contribution < 1.29 is 4.11 Å². The second-order valence-corrected chi connectivity index (χ2v) is 12.6. The Morgan fingerprint density at radius 2 is 1.29 bits per heavy atom. The summed E-state index contributed by atoms with van der Waals surface area (Å²) in [5.41, 5.74) is 4.25. The van der Waals surface area contributed by atoms with E-state index in [0.717, 1.165) is 48.2 Å². The maximum atomic E-state index is 8.46. The fraction of sp³-hybridized carbons (Fsp3) is 0.0244. The van der Waals surface area contributed by atoms with Crippen LogP contribution in [0.25, 0.3) is 91.6 Å². The molecule has 10 rings (SSSR count). The van der Waals surface area contributed by atoms with Crippen LogP contribution in [0.15, 0.2) is 133 Å². The van der Waals surface area contributed by atoms with Gasteiger partial charge in [0.15, 0.2) is 0 Å². The molecular weight excluding hydrogens is 567 g/mol. The second-order valence-electron chi connectivity index (χ2n) is 11.5. The minimum Gasteiger partial charge on any atom is -0.276 e. The summed E-state index contributed by atoms with van der Waals surface area (Å²) in [7, 11) is 0. The Hall–Kier alpha value is -5.58. The summed E-state index contributed by atoms with van der Waals surface area (Å²) >= 11 is 1.78. The zero-order valence-corrected chi connectivity index (χ0v) is 24.8. The predicted molar refractivity (Wildman–Crippen MR) is 192 cm³/mol. The van der Waals surface area contributed by atoms with Gasteiger partial charge in [-0.25, -0.2) is 9.97 Å². The molecule has 3 aromatic heterocycles. The second kappa shape index (κ2) is 9.21. The molecule has 4 heteroatoms. The Bertz CT molecular complexity index is 2940. The van der Waals surface area contributed by atoms with Crippen LogP contribution in [0.3, 0.4) is 0 Å². The highest BCUT2D eigenvalue weighted by Crippen LogP contribution is 2.49. The van der Waals surface area contributed by atoms with Crippen LogP contribution in [0.2, 0.25) is 0 Å². The summed E-state index contributed by atoms with van der Waals surface area (Å²) in [4.78, 5) is 10.5. The molecule has 3 heterocycles. The molecule has 0 radical (unpaired) electrons. The number of fused-ring (bicyclic) bond motifs is 13. The van der Waals surface area contributed by atoms with Crippen LogP contribution in [0.5, 0.6) is 0 Å². The lowest BCUT2D eigenvalue weighted by Gasteiger charge is -2.13. The smallest absolute Gasteiger partial charge is 0.235 e. The summed E-state index contributed by atoms with van der Waals surface area (Å²) in [6.45, 7) is -2.36. The van der Waals surface area contributed by atoms with Gasteiger partial charge in [0.2, 0.25) is 5.95 Å². The molecule has 210 valence electrons. The molecule has 0 bridgehead atoms. The molecule has 7 aromatic carbocycles. The van der Waals surface area contributed by atoms with Crippen molar-refractivity contribution in [3.8, 4) is 17.2 Å². The van der Waals surface area contributed by atoms with Crippen molar-refractivity contribution in [2.75, 3.05) is 0 Å². The Labute approximate surface area is 266 Å². The summed E-state index contributed by atoms with van der Waals surface area (Å²) in [5, 5.41) is 10.1. The number of nitrogens with zero attached hydrogens (tertiary/aromatic N) is 3. The van der Waals surface area contributed by atoms with Crippen LogP contribution in [-0.4, -0.2) is 14.5 Å². The van der Waals surface area contributed by atoms with E-state index in [1.165, 1.54) is 20.9 Å². The number of hydrogen-bond acceptors (Lipinski definition) is 3. The predicted octanol–water partition coefficient (Wildman–Crippen LogP) is 11.4. The molecule has 0 N–H and O–H groups in total. The zero-order valence-electron chi connectivity index (χ0n) is 27.0. The molecule has 3 nitrogen and oxygen atoms in total. The molecule has 0 amide bonds. The lowest BCUT2D eigenvalue weighted by Crippen LogP contribution is -2.04. The molecule has 0 atom stereocenters. The molecule has 0 aliphatic carbocycles. The third-order valence-corrected chi connectivity index (χ3v) is 10.3. The largest absolute Gasteiger partial charge is 0.276 e. The van der Waals surface area contributed by atoms with Gasteiger partial charge in [0.1, 0.15) is 0 Å². The van der Waals surface area contributed by atoms with Crippen molar-refractivity contribution in [3.63, 3.8) is 0 Å². The van der Waals surface area contributed by atoms with E-state index in [0.29, 0.717) is 22.5 Å². The lowest BCUT2D eigenvalue weighted by atomic mass is 9.97. The maximum absolute atomic E-state index is 8.46. The van der Waals surface area contributed by atoms with E-state index in [4.69, 9.17) is 14.1 Å². The molecule has 0 saturated carbocycles. The zero-order chi connectivity index (χ0) is 32.1. The third kappa shape index (κ3) is 3.40. The van der Waals surface area contributed by atoms with Gasteiger partial charge in [0, 0.05) is 41.3 Å². The molecule has 0 aliphatic rings. The van der Waals surface area contributed by atoms with E-state index in [2.05, 4.69) is 89.5 Å².